The summed E-state index contributed by atoms with van der Waals surface area (Å²) in [7, 11) is 0. The molecule has 1 unspecified atom stereocenters. The van der Waals surface area contributed by atoms with Crippen LogP contribution in [0.3, 0.4) is 0 Å². The van der Waals surface area contributed by atoms with Gasteiger partial charge in [0.15, 0.2) is 0 Å². The van der Waals surface area contributed by atoms with Gasteiger partial charge in [-0.25, -0.2) is 0 Å². The van der Waals surface area contributed by atoms with Crippen molar-refractivity contribution in [2.75, 3.05) is 6.54 Å². The topological polar surface area (TPSA) is 63.4 Å². The van der Waals surface area contributed by atoms with E-state index in [1.54, 1.807) is 11.3 Å². The van der Waals surface area contributed by atoms with Gasteiger partial charge < -0.3 is 10.6 Å². The van der Waals surface area contributed by atoms with Crippen molar-refractivity contribution in [1.29, 1.82) is 0 Å². The van der Waals surface area contributed by atoms with Crippen LogP contribution in [0.25, 0.3) is 0 Å². The van der Waals surface area contributed by atoms with Gasteiger partial charge in [0.05, 0.1) is 6.42 Å². The minimum atomic E-state index is -0.323. The first-order valence-corrected chi connectivity index (χ1v) is 7.51. The maximum atomic E-state index is 12.3. The average molecular weight is 280 g/mol. The zero-order valence-electron chi connectivity index (χ0n) is 11.2. The molecule has 2 heterocycles. The molecule has 1 aromatic rings. The molecule has 1 aromatic heterocycles. The molecule has 5 heteroatoms. The van der Waals surface area contributed by atoms with Crippen LogP contribution in [0.2, 0.25) is 0 Å². The fraction of sp³-hybridized carbons (Fsp3) is 0.571. The maximum Gasteiger partial charge on any atom is 0.228 e. The second-order valence-corrected chi connectivity index (χ2v) is 6.47. The first-order chi connectivity index (χ1) is 9.06. The number of carbonyl (C=O) groups is 2. The van der Waals surface area contributed by atoms with Crippen molar-refractivity contribution in [1.82, 2.24) is 4.90 Å². The highest BCUT2D eigenvalue weighted by Gasteiger charge is 2.27. The van der Waals surface area contributed by atoms with Crippen LogP contribution >= 0.6 is 11.3 Å². The Morgan fingerprint density at radius 1 is 1.42 bits per heavy atom. The summed E-state index contributed by atoms with van der Waals surface area (Å²) in [6, 6.07) is 4.04. The van der Waals surface area contributed by atoms with Gasteiger partial charge in [-0.3, -0.25) is 9.59 Å². The van der Waals surface area contributed by atoms with E-state index in [2.05, 4.69) is 0 Å². The molecule has 104 valence electrons. The van der Waals surface area contributed by atoms with Crippen LogP contribution in [0.5, 0.6) is 0 Å². The van der Waals surface area contributed by atoms with Crippen molar-refractivity contribution < 1.29 is 9.59 Å². The number of primary amides is 1. The molecule has 1 aliphatic rings. The van der Waals surface area contributed by atoms with Crippen LogP contribution in [-0.4, -0.2) is 29.3 Å². The fourth-order valence-electron chi connectivity index (χ4n) is 2.60. The summed E-state index contributed by atoms with van der Waals surface area (Å²) in [5.74, 6) is -0.204. The SMILES string of the molecule is Cc1ccc(CC(=O)N2CCCCC2CC(N)=O)s1. The number of thiophene rings is 1. The molecule has 2 rings (SSSR count). The summed E-state index contributed by atoms with van der Waals surface area (Å²) in [4.78, 5) is 27.6. The van der Waals surface area contributed by atoms with Gasteiger partial charge in [0.1, 0.15) is 0 Å². The second kappa shape index (κ2) is 6.19. The highest BCUT2D eigenvalue weighted by molar-refractivity contribution is 7.12. The Morgan fingerprint density at radius 3 is 2.84 bits per heavy atom. The molecule has 4 nitrogen and oxygen atoms in total. The van der Waals surface area contributed by atoms with E-state index in [1.165, 1.54) is 4.88 Å². The van der Waals surface area contributed by atoms with Gasteiger partial charge in [0.25, 0.3) is 0 Å². The van der Waals surface area contributed by atoms with E-state index in [-0.39, 0.29) is 24.3 Å². The number of nitrogens with zero attached hydrogens (tertiary/aromatic N) is 1. The predicted molar refractivity (Wildman–Crippen MR) is 75.9 cm³/mol. The van der Waals surface area contributed by atoms with E-state index in [9.17, 15) is 9.59 Å². The number of piperidine rings is 1. The minimum absolute atomic E-state index is 0.000177. The molecule has 0 aliphatic carbocycles. The van der Waals surface area contributed by atoms with E-state index < -0.39 is 0 Å². The maximum absolute atomic E-state index is 12.3. The summed E-state index contributed by atoms with van der Waals surface area (Å²) >= 11 is 1.66. The Kier molecular flexibility index (Phi) is 4.58. The molecule has 2 N–H and O–H groups in total. The molecule has 0 bridgehead atoms. The molecule has 1 aliphatic heterocycles. The highest BCUT2D eigenvalue weighted by Crippen LogP contribution is 2.22. The fourth-order valence-corrected chi connectivity index (χ4v) is 3.49. The second-order valence-electron chi connectivity index (χ2n) is 5.10. The van der Waals surface area contributed by atoms with Crippen molar-refractivity contribution in [3.63, 3.8) is 0 Å². The number of hydrogen-bond donors (Lipinski definition) is 1. The quantitative estimate of drug-likeness (QED) is 0.915. The summed E-state index contributed by atoms with van der Waals surface area (Å²) in [6.07, 6.45) is 3.70. The molecule has 0 radical (unpaired) electrons. The lowest BCUT2D eigenvalue weighted by Gasteiger charge is -2.35. The predicted octanol–water partition coefficient (Wildman–Crippen LogP) is 1.86. The smallest absolute Gasteiger partial charge is 0.228 e. The van der Waals surface area contributed by atoms with Crippen LogP contribution < -0.4 is 5.73 Å². The van der Waals surface area contributed by atoms with Crippen LogP contribution in [0.4, 0.5) is 0 Å². The number of amides is 2. The van der Waals surface area contributed by atoms with Gasteiger partial charge in [-0.15, -0.1) is 11.3 Å². The first kappa shape index (κ1) is 14.1. The third kappa shape index (κ3) is 3.80. The van der Waals surface area contributed by atoms with E-state index in [4.69, 9.17) is 5.73 Å². The van der Waals surface area contributed by atoms with Gasteiger partial charge in [-0.2, -0.15) is 0 Å². The van der Waals surface area contributed by atoms with Gasteiger partial charge in [-0.05, 0) is 38.3 Å². The zero-order chi connectivity index (χ0) is 13.8. The number of hydrogen-bond acceptors (Lipinski definition) is 3. The van der Waals surface area contributed by atoms with Crippen LogP contribution in [0.15, 0.2) is 12.1 Å². The molecule has 0 saturated carbocycles. The highest BCUT2D eigenvalue weighted by atomic mass is 32.1. The van der Waals surface area contributed by atoms with Crippen molar-refractivity contribution in [2.24, 2.45) is 5.73 Å². The van der Waals surface area contributed by atoms with Gasteiger partial charge in [0.2, 0.25) is 11.8 Å². The number of aryl methyl sites for hydroxylation is 1. The van der Waals surface area contributed by atoms with Crippen molar-refractivity contribution in [3.05, 3.63) is 21.9 Å². The zero-order valence-corrected chi connectivity index (χ0v) is 12.0. The van der Waals surface area contributed by atoms with E-state index in [0.29, 0.717) is 6.42 Å². The largest absolute Gasteiger partial charge is 0.370 e. The Morgan fingerprint density at radius 2 is 2.21 bits per heavy atom. The lowest BCUT2D eigenvalue weighted by Crippen LogP contribution is -2.46. The van der Waals surface area contributed by atoms with E-state index in [1.807, 2.05) is 24.0 Å². The molecule has 19 heavy (non-hydrogen) atoms. The van der Waals surface area contributed by atoms with Gasteiger partial charge in [0, 0.05) is 28.8 Å². The first-order valence-electron chi connectivity index (χ1n) is 6.69. The number of rotatable bonds is 4. The van der Waals surface area contributed by atoms with E-state index in [0.717, 1.165) is 30.7 Å². The average Bonchev–Trinajstić information content (AvgIpc) is 2.74. The van der Waals surface area contributed by atoms with E-state index >= 15 is 0 Å². The standard InChI is InChI=1S/C14H20N2O2S/c1-10-5-6-12(19-10)9-14(18)16-7-3-2-4-11(16)8-13(15)17/h5-6,11H,2-4,7-9H2,1H3,(H2,15,17). The number of nitrogens with two attached hydrogens (primary N) is 1. The third-order valence-electron chi connectivity index (χ3n) is 3.51. The Bertz CT molecular complexity index is 470. The Balaban J connectivity index is 2.00. The van der Waals surface area contributed by atoms with Gasteiger partial charge >= 0.3 is 0 Å². The molecule has 1 fully saturated rings. The van der Waals surface area contributed by atoms with Crippen LogP contribution in [0.1, 0.15) is 35.4 Å². The van der Waals surface area contributed by atoms with Crippen LogP contribution in [0, 0.1) is 6.92 Å². The summed E-state index contributed by atoms with van der Waals surface area (Å²) in [5.41, 5.74) is 5.27. The lowest BCUT2D eigenvalue weighted by molar-refractivity contribution is -0.135. The van der Waals surface area contributed by atoms with Crippen molar-refractivity contribution in [2.45, 2.75) is 45.1 Å². The molecule has 0 aromatic carbocycles. The third-order valence-corrected chi connectivity index (χ3v) is 4.51. The summed E-state index contributed by atoms with van der Waals surface area (Å²) in [5, 5.41) is 0. The van der Waals surface area contributed by atoms with Crippen molar-refractivity contribution >= 4 is 23.2 Å². The number of likely N-dealkylation sites (tertiary alicyclic amines) is 1. The molecule has 0 spiro atoms. The molecule has 1 atom stereocenters. The molecule has 2 amide bonds. The van der Waals surface area contributed by atoms with Gasteiger partial charge in [-0.1, -0.05) is 0 Å². The summed E-state index contributed by atoms with van der Waals surface area (Å²) < 4.78 is 0. The number of carbonyl (C=O) groups excluding carboxylic acids is 2. The van der Waals surface area contributed by atoms with Crippen molar-refractivity contribution in [3.8, 4) is 0 Å². The Labute approximate surface area is 117 Å². The monoisotopic (exact) mass is 280 g/mol. The minimum Gasteiger partial charge on any atom is -0.370 e. The summed E-state index contributed by atoms with van der Waals surface area (Å²) in [6.45, 7) is 2.79. The van der Waals surface area contributed by atoms with Crippen LogP contribution in [-0.2, 0) is 16.0 Å². The normalized spacial score (nSPS) is 19.4. The molecular formula is C14H20N2O2S. The Hall–Kier alpha value is -1.36. The lowest BCUT2D eigenvalue weighted by atomic mass is 9.98. The molecule has 1 saturated heterocycles. The molecular weight excluding hydrogens is 260 g/mol.